The minimum absolute atomic E-state index is 0.0300. The molecule has 0 aliphatic carbocycles. The summed E-state index contributed by atoms with van der Waals surface area (Å²) in [5, 5.41) is -0.755. The summed E-state index contributed by atoms with van der Waals surface area (Å²) in [6, 6.07) is 5.66. The number of benzene rings is 1. The maximum absolute atomic E-state index is 15.0. The topological polar surface area (TPSA) is 34.9 Å². The number of unbranched alkanes of at least 4 members (excludes halogenated alkanes) is 5. The molecule has 3 nitrogen and oxygen atoms in total. The van der Waals surface area contributed by atoms with E-state index < -0.39 is 11.5 Å². The van der Waals surface area contributed by atoms with E-state index in [2.05, 4.69) is 11.9 Å². The standard InChI is InChI=1S/C20H26F2N2OS/c1-2-3-4-5-6-7-8-18(25)26-19(16-9-11-17(21)12-10-16)20(22)24-14-13-23-15-24/h9-15,19-20H,2-8H2,1H3. The van der Waals surface area contributed by atoms with Gasteiger partial charge in [0.05, 0.1) is 11.6 Å². The summed E-state index contributed by atoms with van der Waals surface area (Å²) < 4.78 is 29.5. The zero-order valence-electron chi connectivity index (χ0n) is 15.1. The molecule has 2 unspecified atom stereocenters. The van der Waals surface area contributed by atoms with Gasteiger partial charge in [-0.2, -0.15) is 0 Å². The number of carbonyl (C=O) groups excluding carboxylic acids is 1. The molecular formula is C20H26F2N2OS. The summed E-state index contributed by atoms with van der Waals surface area (Å²) in [6.07, 6.45) is 10.0. The average molecular weight is 381 g/mol. The van der Waals surface area contributed by atoms with Crippen molar-refractivity contribution in [2.45, 2.75) is 63.4 Å². The van der Waals surface area contributed by atoms with E-state index in [-0.39, 0.29) is 10.9 Å². The van der Waals surface area contributed by atoms with Gasteiger partial charge in [-0.1, -0.05) is 62.9 Å². The van der Waals surface area contributed by atoms with Crippen molar-refractivity contribution in [1.82, 2.24) is 9.55 Å². The van der Waals surface area contributed by atoms with E-state index in [9.17, 15) is 13.6 Å². The predicted molar refractivity (Wildman–Crippen MR) is 102 cm³/mol. The number of hydrogen-bond acceptors (Lipinski definition) is 3. The summed E-state index contributed by atoms with van der Waals surface area (Å²) in [6.45, 7) is 2.17. The van der Waals surface area contributed by atoms with Crippen molar-refractivity contribution in [3.05, 3.63) is 54.4 Å². The fraction of sp³-hybridized carbons (Fsp3) is 0.500. The Labute approximate surface area is 158 Å². The van der Waals surface area contributed by atoms with Crippen molar-refractivity contribution in [2.75, 3.05) is 0 Å². The number of thioether (sulfide) groups is 1. The molecular weight excluding hydrogens is 354 g/mol. The highest BCUT2D eigenvalue weighted by molar-refractivity contribution is 8.13. The molecule has 0 N–H and O–H groups in total. The van der Waals surface area contributed by atoms with Crippen LogP contribution in [0, 0.1) is 5.82 Å². The Bertz CT molecular complexity index is 646. The third kappa shape index (κ3) is 6.56. The van der Waals surface area contributed by atoms with Gasteiger partial charge >= 0.3 is 0 Å². The molecule has 142 valence electrons. The van der Waals surface area contributed by atoms with Crippen molar-refractivity contribution in [3.63, 3.8) is 0 Å². The number of alkyl halides is 1. The first-order chi connectivity index (χ1) is 12.6. The summed E-state index contributed by atoms with van der Waals surface area (Å²) in [5.74, 6) is -0.381. The van der Waals surface area contributed by atoms with Crippen LogP contribution in [0.4, 0.5) is 8.78 Å². The Balaban J connectivity index is 1.95. The molecule has 0 saturated heterocycles. The monoisotopic (exact) mass is 380 g/mol. The maximum atomic E-state index is 15.0. The Morgan fingerprint density at radius 1 is 1.15 bits per heavy atom. The fourth-order valence-corrected chi connectivity index (χ4v) is 3.85. The number of carbonyl (C=O) groups is 1. The second-order valence-corrected chi connectivity index (χ2v) is 7.56. The highest BCUT2D eigenvalue weighted by atomic mass is 32.2. The summed E-state index contributed by atoms with van der Waals surface area (Å²) in [5.41, 5.74) is 0.592. The molecule has 0 saturated carbocycles. The quantitative estimate of drug-likeness (QED) is 0.433. The molecule has 6 heteroatoms. The first-order valence-electron chi connectivity index (χ1n) is 9.18. The van der Waals surface area contributed by atoms with E-state index in [0.29, 0.717) is 12.0 Å². The number of nitrogens with zero attached hydrogens (tertiary/aromatic N) is 2. The number of imidazole rings is 1. The van der Waals surface area contributed by atoms with Crippen LogP contribution in [-0.2, 0) is 4.79 Å². The molecule has 0 fully saturated rings. The van der Waals surface area contributed by atoms with Crippen LogP contribution >= 0.6 is 11.8 Å². The highest BCUT2D eigenvalue weighted by Crippen LogP contribution is 2.40. The lowest BCUT2D eigenvalue weighted by Gasteiger charge is -2.21. The largest absolute Gasteiger partial charge is 0.305 e. The van der Waals surface area contributed by atoms with Crippen molar-refractivity contribution >= 4 is 16.9 Å². The van der Waals surface area contributed by atoms with Gasteiger partial charge in [0.2, 0.25) is 0 Å². The molecule has 26 heavy (non-hydrogen) atoms. The molecule has 0 radical (unpaired) electrons. The SMILES string of the molecule is CCCCCCCCC(=O)SC(c1ccc(F)cc1)C(F)n1ccnc1. The van der Waals surface area contributed by atoms with E-state index in [1.165, 1.54) is 66.8 Å². The highest BCUT2D eigenvalue weighted by Gasteiger charge is 2.27. The lowest BCUT2D eigenvalue weighted by molar-refractivity contribution is -0.111. The zero-order valence-corrected chi connectivity index (χ0v) is 15.9. The van der Waals surface area contributed by atoms with E-state index in [1.54, 1.807) is 0 Å². The van der Waals surface area contributed by atoms with Crippen LogP contribution in [0.5, 0.6) is 0 Å². The molecule has 0 aliphatic rings. The number of hydrogen-bond donors (Lipinski definition) is 0. The van der Waals surface area contributed by atoms with E-state index >= 15 is 0 Å². The summed E-state index contributed by atoms with van der Waals surface area (Å²) in [4.78, 5) is 16.2. The number of rotatable bonds is 11. The molecule has 2 atom stereocenters. The minimum atomic E-state index is -1.44. The van der Waals surface area contributed by atoms with Gasteiger partial charge in [0.1, 0.15) is 5.82 Å². The van der Waals surface area contributed by atoms with Crippen LogP contribution in [0.2, 0.25) is 0 Å². The molecule has 0 aliphatic heterocycles. The van der Waals surface area contributed by atoms with Gasteiger partial charge in [-0.05, 0) is 24.1 Å². The zero-order chi connectivity index (χ0) is 18.8. The smallest absolute Gasteiger partial charge is 0.193 e. The molecule has 0 bridgehead atoms. The Morgan fingerprint density at radius 3 is 2.50 bits per heavy atom. The van der Waals surface area contributed by atoms with E-state index in [4.69, 9.17) is 0 Å². The summed E-state index contributed by atoms with van der Waals surface area (Å²) >= 11 is 0.993. The first-order valence-corrected chi connectivity index (χ1v) is 10.1. The average Bonchev–Trinajstić information content (AvgIpc) is 3.18. The van der Waals surface area contributed by atoms with Gasteiger partial charge in [0.25, 0.3) is 0 Å². The summed E-state index contributed by atoms with van der Waals surface area (Å²) in [7, 11) is 0. The molecule has 0 spiro atoms. The fourth-order valence-electron chi connectivity index (χ4n) is 2.76. The van der Waals surface area contributed by atoms with Crippen LogP contribution in [0.25, 0.3) is 0 Å². The maximum Gasteiger partial charge on any atom is 0.193 e. The Hall–Kier alpha value is -1.69. The third-order valence-electron chi connectivity index (χ3n) is 4.25. The van der Waals surface area contributed by atoms with E-state index in [1.807, 2.05) is 0 Å². The van der Waals surface area contributed by atoms with Crippen LogP contribution in [0.15, 0.2) is 43.0 Å². The van der Waals surface area contributed by atoms with Crippen LogP contribution in [0.1, 0.15) is 69.0 Å². The van der Waals surface area contributed by atoms with E-state index in [0.717, 1.165) is 31.0 Å². The number of halogens is 2. The normalized spacial score (nSPS) is 13.5. The van der Waals surface area contributed by atoms with Gasteiger partial charge in [-0.3, -0.25) is 4.79 Å². The molecule has 0 amide bonds. The predicted octanol–water partition coefficient (Wildman–Crippen LogP) is 6.24. The van der Waals surface area contributed by atoms with Gasteiger partial charge in [0, 0.05) is 18.8 Å². The van der Waals surface area contributed by atoms with Crippen molar-refractivity contribution in [1.29, 1.82) is 0 Å². The molecule has 2 rings (SSSR count). The third-order valence-corrected chi connectivity index (χ3v) is 5.47. The second kappa shape index (κ2) is 11.1. The second-order valence-electron chi connectivity index (χ2n) is 6.36. The molecule has 1 aromatic carbocycles. The van der Waals surface area contributed by atoms with Crippen molar-refractivity contribution in [2.24, 2.45) is 0 Å². The minimum Gasteiger partial charge on any atom is -0.305 e. The van der Waals surface area contributed by atoms with Gasteiger partial charge < -0.3 is 4.57 Å². The molecule has 2 aromatic rings. The molecule has 1 aromatic heterocycles. The lowest BCUT2D eigenvalue weighted by atomic mass is 10.1. The van der Waals surface area contributed by atoms with Crippen molar-refractivity contribution < 1.29 is 13.6 Å². The van der Waals surface area contributed by atoms with Crippen LogP contribution in [-0.4, -0.2) is 14.7 Å². The lowest BCUT2D eigenvalue weighted by Crippen LogP contribution is -2.12. The van der Waals surface area contributed by atoms with Gasteiger partial charge in [-0.25, -0.2) is 13.8 Å². The van der Waals surface area contributed by atoms with Crippen molar-refractivity contribution in [3.8, 4) is 0 Å². The Kier molecular flexibility index (Phi) is 8.81. The van der Waals surface area contributed by atoms with Gasteiger partial charge in [0.15, 0.2) is 11.4 Å². The Morgan fingerprint density at radius 2 is 1.85 bits per heavy atom. The first kappa shape index (κ1) is 20.6. The van der Waals surface area contributed by atoms with Crippen LogP contribution in [0.3, 0.4) is 0 Å². The van der Waals surface area contributed by atoms with Crippen LogP contribution < -0.4 is 0 Å². The molecule has 1 heterocycles. The number of aromatic nitrogens is 2. The van der Waals surface area contributed by atoms with Gasteiger partial charge in [-0.15, -0.1) is 0 Å².